The van der Waals surface area contributed by atoms with Crippen molar-refractivity contribution in [1.29, 1.82) is 0 Å². The van der Waals surface area contributed by atoms with Crippen LogP contribution < -0.4 is 16.2 Å². The van der Waals surface area contributed by atoms with Crippen LogP contribution in [-0.4, -0.2) is 23.3 Å². The SMILES string of the molecule is CSc1nc(NN)cc(N(C)Cc2cc(Br)cs2)n1. The molecular formula is C11H14BrN5S2. The Morgan fingerprint density at radius 1 is 1.47 bits per heavy atom. The number of halogens is 1. The molecule has 19 heavy (non-hydrogen) atoms. The number of aromatic nitrogens is 2. The molecule has 0 amide bonds. The number of rotatable bonds is 5. The Morgan fingerprint density at radius 2 is 2.26 bits per heavy atom. The van der Waals surface area contributed by atoms with E-state index >= 15 is 0 Å². The van der Waals surface area contributed by atoms with E-state index in [0.29, 0.717) is 11.0 Å². The molecule has 0 aromatic carbocycles. The van der Waals surface area contributed by atoms with Gasteiger partial charge in [-0.3, -0.25) is 0 Å². The molecule has 2 aromatic heterocycles. The highest BCUT2D eigenvalue weighted by molar-refractivity contribution is 9.10. The number of thiophene rings is 1. The van der Waals surface area contributed by atoms with Crippen molar-refractivity contribution in [1.82, 2.24) is 9.97 Å². The third-order valence-corrected chi connectivity index (χ3v) is 4.66. The predicted octanol–water partition coefficient (Wildman–Crippen LogP) is 2.94. The first kappa shape index (κ1) is 14.6. The van der Waals surface area contributed by atoms with Crippen molar-refractivity contribution in [3.63, 3.8) is 0 Å². The van der Waals surface area contributed by atoms with Crippen molar-refractivity contribution in [3.05, 3.63) is 26.9 Å². The second-order valence-corrected chi connectivity index (χ2v) is 6.51. The molecule has 5 nitrogen and oxygen atoms in total. The minimum Gasteiger partial charge on any atom is -0.354 e. The summed E-state index contributed by atoms with van der Waals surface area (Å²) in [7, 11) is 2.00. The summed E-state index contributed by atoms with van der Waals surface area (Å²) >= 11 is 6.67. The van der Waals surface area contributed by atoms with Gasteiger partial charge < -0.3 is 10.3 Å². The molecule has 0 atom stereocenters. The van der Waals surface area contributed by atoms with E-state index < -0.39 is 0 Å². The molecule has 0 spiro atoms. The van der Waals surface area contributed by atoms with E-state index in [0.717, 1.165) is 16.8 Å². The van der Waals surface area contributed by atoms with E-state index in [1.807, 2.05) is 19.4 Å². The maximum absolute atomic E-state index is 5.43. The van der Waals surface area contributed by atoms with Gasteiger partial charge in [-0.15, -0.1) is 11.3 Å². The summed E-state index contributed by atoms with van der Waals surface area (Å²) in [5, 5.41) is 2.77. The number of hydrogen-bond acceptors (Lipinski definition) is 7. The molecule has 0 unspecified atom stereocenters. The van der Waals surface area contributed by atoms with E-state index in [1.165, 1.54) is 16.6 Å². The highest BCUT2D eigenvalue weighted by atomic mass is 79.9. The fourth-order valence-corrected chi connectivity index (χ4v) is 3.40. The molecule has 0 saturated carbocycles. The van der Waals surface area contributed by atoms with Crippen LogP contribution in [0.25, 0.3) is 0 Å². The molecule has 0 saturated heterocycles. The fourth-order valence-electron chi connectivity index (χ4n) is 1.53. The van der Waals surface area contributed by atoms with Crippen molar-refractivity contribution < 1.29 is 0 Å². The Balaban J connectivity index is 2.20. The lowest BCUT2D eigenvalue weighted by Gasteiger charge is -2.18. The molecule has 0 aliphatic heterocycles. The van der Waals surface area contributed by atoms with Gasteiger partial charge >= 0.3 is 0 Å². The van der Waals surface area contributed by atoms with E-state index in [1.54, 1.807) is 11.3 Å². The van der Waals surface area contributed by atoms with Crippen molar-refractivity contribution in [3.8, 4) is 0 Å². The number of hydrogen-bond donors (Lipinski definition) is 2. The van der Waals surface area contributed by atoms with Crippen LogP contribution in [0, 0.1) is 0 Å². The molecule has 0 fully saturated rings. The first-order valence-electron chi connectivity index (χ1n) is 5.46. The Bertz CT molecular complexity index is 538. The summed E-state index contributed by atoms with van der Waals surface area (Å²) < 4.78 is 1.11. The van der Waals surface area contributed by atoms with Crippen LogP contribution >= 0.6 is 39.0 Å². The van der Waals surface area contributed by atoms with Gasteiger partial charge in [0.05, 0.1) is 6.54 Å². The van der Waals surface area contributed by atoms with Gasteiger partial charge in [-0.2, -0.15) is 0 Å². The summed E-state index contributed by atoms with van der Waals surface area (Å²) in [4.78, 5) is 12.1. The van der Waals surface area contributed by atoms with Crippen molar-refractivity contribution in [2.24, 2.45) is 5.84 Å². The van der Waals surface area contributed by atoms with Crippen molar-refractivity contribution in [2.45, 2.75) is 11.7 Å². The number of anilines is 2. The minimum absolute atomic E-state index is 0.619. The third kappa shape index (κ3) is 3.82. The summed E-state index contributed by atoms with van der Waals surface area (Å²) in [5.41, 5.74) is 2.57. The van der Waals surface area contributed by atoms with E-state index in [9.17, 15) is 0 Å². The van der Waals surface area contributed by atoms with Crippen molar-refractivity contribution in [2.75, 3.05) is 23.6 Å². The molecule has 8 heteroatoms. The van der Waals surface area contributed by atoms with Crippen molar-refractivity contribution >= 4 is 50.7 Å². The molecule has 0 aliphatic carbocycles. The van der Waals surface area contributed by atoms with Crippen LogP contribution in [0.3, 0.4) is 0 Å². The predicted molar refractivity (Wildman–Crippen MR) is 85.7 cm³/mol. The van der Waals surface area contributed by atoms with Crippen LogP contribution in [0.5, 0.6) is 0 Å². The average molecular weight is 360 g/mol. The molecule has 0 bridgehead atoms. The first-order valence-corrected chi connectivity index (χ1v) is 8.36. The van der Waals surface area contributed by atoms with Gasteiger partial charge in [0.15, 0.2) is 5.16 Å². The van der Waals surface area contributed by atoms with Gasteiger partial charge in [0.2, 0.25) is 0 Å². The Labute approximate surface area is 128 Å². The zero-order valence-corrected chi connectivity index (χ0v) is 13.8. The van der Waals surface area contributed by atoms with Gasteiger partial charge in [0, 0.05) is 27.8 Å². The maximum atomic E-state index is 5.43. The lowest BCUT2D eigenvalue weighted by atomic mass is 10.4. The van der Waals surface area contributed by atoms with E-state index in [2.05, 4.69) is 47.7 Å². The monoisotopic (exact) mass is 359 g/mol. The molecule has 0 radical (unpaired) electrons. The number of nitrogens with one attached hydrogen (secondary N) is 1. The van der Waals surface area contributed by atoms with Crippen LogP contribution in [-0.2, 0) is 6.54 Å². The van der Waals surface area contributed by atoms with Gasteiger partial charge in [-0.05, 0) is 28.3 Å². The zero-order valence-electron chi connectivity index (χ0n) is 10.6. The van der Waals surface area contributed by atoms with E-state index in [4.69, 9.17) is 5.84 Å². The highest BCUT2D eigenvalue weighted by Gasteiger charge is 2.09. The highest BCUT2D eigenvalue weighted by Crippen LogP contribution is 2.24. The number of nitrogen functional groups attached to an aromatic ring is 1. The Kier molecular flexibility index (Phi) is 5.03. The molecule has 3 N–H and O–H groups in total. The van der Waals surface area contributed by atoms with Gasteiger partial charge in [0.25, 0.3) is 0 Å². The largest absolute Gasteiger partial charge is 0.354 e. The number of thioether (sulfide) groups is 1. The summed E-state index contributed by atoms with van der Waals surface area (Å²) in [6, 6.07) is 3.95. The second-order valence-electron chi connectivity index (χ2n) is 3.83. The minimum atomic E-state index is 0.619. The molecular weight excluding hydrogens is 346 g/mol. The van der Waals surface area contributed by atoms with Crippen LogP contribution in [0.1, 0.15) is 4.88 Å². The fraction of sp³-hybridized carbons (Fsp3) is 0.273. The summed E-state index contributed by atoms with van der Waals surface area (Å²) in [6.07, 6.45) is 1.94. The number of nitrogens with two attached hydrogens (primary N) is 1. The molecule has 2 heterocycles. The average Bonchev–Trinajstić information content (AvgIpc) is 2.83. The normalized spacial score (nSPS) is 10.5. The summed E-state index contributed by atoms with van der Waals surface area (Å²) in [5.74, 6) is 6.89. The van der Waals surface area contributed by atoms with E-state index in [-0.39, 0.29) is 0 Å². The lowest BCUT2D eigenvalue weighted by Crippen LogP contribution is -2.19. The van der Waals surface area contributed by atoms with Gasteiger partial charge in [-0.1, -0.05) is 11.8 Å². The summed E-state index contributed by atoms with van der Waals surface area (Å²) in [6.45, 7) is 0.797. The lowest BCUT2D eigenvalue weighted by molar-refractivity contribution is 0.865. The van der Waals surface area contributed by atoms with Crippen LogP contribution in [0.15, 0.2) is 27.1 Å². The maximum Gasteiger partial charge on any atom is 0.191 e. The number of nitrogens with zero attached hydrogens (tertiary/aromatic N) is 3. The molecule has 2 aromatic rings. The van der Waals surface area contributed by atoms with Crippen LogP contribution in [0.2, 0.25) is 0 Å². The zero-order chi connectivity index (χ0) is 13.8. The molecule has 102 valence electrons. The molecule has 0 aliphatic rings. The Morgan fingerprint density at radius 3 is 2.84 bits per heavy atom. The topological polar surface area (TPSA) is 67.1 Å². The van der Waals surface area contributed by atoms with Gasteiger partial charge in [0.1, 0.15) is 11.6 Å². The smallest absolute Gasteiger partial charge is 0.191 e. The quantitative estimate of drug-likeness (QED) is 0.370. The van der Waals surface area contributed by atoms with Crippen LogP contribution in [0.4, 0.5) is 11.6 Å². The third-order valence-electron chi connectivity index (χ3n) is 2.43. The second kappa shape index (κ2) is 6.56. The first-order chi connectivity index (χ1) is 9.12. The van der Waals surface area contributed by atoms with Gasteiger partial charge in [-0.25, -0.2) is 15.8 Å². The Hall–Kier alpha value is -0.830. The number of hydrazine groups is 1. The molecule has 2 rings (SSSR count). The standard InChI is InChI=1S/C11H14BrN5S2/c1-17(5-8-3-7(12)6-19-8)10-4-9(16-13)14-11(15-10)18-2/h3-4,6H,5,13H2,1-2H3,(H,14,15,16).